The molecule has 3 aromatic rings. The SMILES string of the molecule is CC1(C)CCC2CCCOc3cccc(n3)S(=O)(=O)NC(=O)c3ccc(-n4ccc(OCCC5(C(F)(F)F)CC5)n4)nc3N21. The summed E-state index contributed by atoms with van der Waals surface area (Å²) >= 11 is 0. The Morgan fingerprint density at radius 1 is 1.09 bits per heavy atom. The molecule has 6 rings (SSSR count). The van der Waals surface area contributed by atoms with Crippen LogP contribution < -0.4 is 19.1 Å². The molecule has 236 valence electrons. The van der Waals surface area contributed by atoms with Gasteiger partial charge in [0.1, 0.15) is 5.82 Å². The van der Waals surface area contributed by atoms with Gasteiger partial charge in [0.05, 0.1) is 24.2 Å². The Balaban J connectivity index is 1.32. The normalized spacial score (nSPS) is 22.2. The van der Waals surface area contributed by atoms with Crippen LogP contribution in [0.15, 0.2) is 47.6 Å². The van der Waals surface area contributed by atoms with Crippen molar-refractivity contribution in [2.45, 2.75) is 81.6 Å². The number of carbonyl (C=O) groups excluding carboxylic acids is 1. The number of nitrogens with one attached hydrogen (secondary N) is 1. The largest absolute Gasteiger partial charge is 0.478 e. The smallest absolute Gasteiger partial charge is 0.394 e. The summed E-state index contributed by atoms with van der Waals surface area (Å²) in [6.45, 7) is 4.28. The van der Waals surface area contributed by atoms with Crippen molar-refractivity contribution in [2.24, 2.45) is 5.41 Å². The zero-order chi connectivity index (χ0) is 31.3. The van der Waals surface area contributed by atoms with Crippen molar-refractivity contribution < 1.29 is 35.9 Å². The second kappa shape index (κ2) is 10.9. The van der Waals surface area contributed by atoms with Gasteiger partial charge in [-0.1, -0.05) is 6.07 Å². The van der Waals surface area contributed by atoms with E-state index in [2.05, 4.69) is 19.7 Å². The van der Waals surface area contributed by atoms with Gasteiger partial charge in [-0.25, -0.2) is 14.4 Å². The van der Waals surface area contributed by atoms with Gasteiger partial charge in [-0.3, -0.25) is 4.79 Å². The molecule has 1 saturated heterocycles. The van der Waals surface area contributed by atoms with Crippen molar-refractivity contribution in [1.29, 1.82) is 0 Å². The molecule has 1 unspecified atom stereocenters. The molecule has 2 fully saturated rings. The molecule has 1 amide bonds. The molecule has 3 aliphatic rings. The first kappa shape index (κ1) is 30.2. The molecule has 15 heteroatoms. The van der Waals surface area contributed by atoms with Crippen LogP contribution in [0, 0.1) is 5.41 Å². The highest BCUT2D eigenvalue weighted by atomic mass is 32.2. The van der Waals surface area contributed by atoms with Crippen LogP contribution in [0.5, 0.6) is 11.8 Å². The van der Waals surface area contributed by atoms with Gasteiger partial charge >= 0.3 is 6.18 Å². The molecule has 0 spiro atoms. The van der Waals surface area contributed by atoms with E-state index in [-0.39, 0.29) is 54.3 Å². The summed E-state index contributed by atoms with van der Waals surface area (Å²) in [4.78, 5) is 24.5. The van der Waals surface area contributed by atoms with Crippen molar-refractivity contribution in [3.8, 4) is 17.6 Å². The molecule has 1 N–H and O–H groups in total. The molecule has 3 aromatic heterocycles. The van der Waals surface area contributed by atoms with Gasteiger partial charge in [0.15, 0.2) is 10.8 Å². The average molecular weight is 635 g/mol. The predicted octanol–water partition coefficient (Wildman–Crippen LogP) is 4.81. The van der Waals surface area contributed by atoms with Crippen LogP contribution in [0.1, 0.15) is 69.2 Å². The van der Waals surface area contributed by atoms with E-state index in [9.17, 15) is 26.4 Å². The van der Waals surface area contributed by atoms with E-state index < -0.39 is 33.1 Å². The number of pyridine rings is 2. The highest BCUT2D eigenvalue weighted by Crippen LogP contribution is 2.59. The van der Waals surface area contributed by atoms with Gasteiger partial charge < -0.3 is 14.4 Å². The minimum Gasteiger partial charge on any atom is -0.478 e. The van der Waals surface area contributed by atoms with Crippen molar-refractivity contribution in [1.82, 2.24) is 24.5 Å². The van der Waals surface area contributed by atoms with Crippen LogP contribution in [0.2, 0.25) is 0 Å². The molecule has 11 nitrogen and oxygen atoms in total. The number of rotatable bonds is 5. The lowest BCUT2D eigenvalue weighted by Crippen LogP contribution is -2.45. The van der Waals surface area contributed by atoms with Gasteiger partial charge in [-0.15, -0.1) is 5.10 Å². The third-order valence-electron chi connectivity index (χ3n) is 8.66. The van der Waals surface area contributed by atoms with Crippen LogP contribution >= 0.6 is 0 Å². The summed E-state index contributed by atoms with van der Waals surface area (Å²) in [5, 5.41) is 4.00. The van der Waals surface area contributed by atoms with Crippen LogP contribution in [0.3, 0.4) is 0 Å². The van der Waals surface area contributed by atoms with Gasteiger partial charge in [-0.05, 0) is 77.0 Å². The molecule has 0 aromatic carbocycles. The molecular weight excluding hydrogens is 601 g/mol. The van der Waals surface area contributed by atoms with Gasteiger partial charge in [0, 0.05) is 29.9 Å². The zero-order valence-corrected chi connectivity index (χ0v) is 25.1. The Labute approximate surface area is 252 Å². The number of hydrogen-bond acceptors (Lipinski definition) is 9. The van der Waals surface area contributed by atoms with Gasteiger partial charge in [-0.2, -0.15) is 26.6 Å². The number of carbonyl (C=O) groups is 1. The van der Waals surface area contributed by atoms with E-state index in [1.54, 1.807) is 12.3 Å². The number of sulfonamides is 1. The van der Waals surface area contributed by atoms with E-state index >= 15 is 0 Å². The van der Waals surface area contributed by atoms with Crippen molar-refractivity contribution in [2.75, 3.05) is 18.1 Å². The molecular formula is C29H33F3N6O5S. The van der Waals surface area contributed by atoms with E-state index in [1.165, 1.54) is 35.0 Å². The number of halogens is 3. The molecule has 1 aliphatic carbocycles. The standard InChI is InChI=1S/C29H33F3N6O5S/c1-27(2)12-10-19-5-4-17-42-22-6-3-7-24(34-22)44(40,41)36-26(39)20-8-9-21(33-25(20)38(19)27)37-16-11-23(35-37)43-18-15-28(13-14-28)29(30,31)32/h3,6-9,11,16,19H,4-5,10,12-15,17-18H2,1-2H3,(H,36,39). The van der Waals surface area contributed by atoms with Crippen molar-refractivity contribution in [3.05, 3.63) is 48.2 Å². The molecule has 2 aliphatic heterocycles. The highest BCUT2D eigenvalue weighted by molar-refractivity contribution is 7.90. The Kier molecular flexibility index (Phi) is 7.49. The Morgan fingerprint density at radius 2 is 1.89 bits per heavy atom. The number of nitrogens with zero attached hydrogens (tertiary/aromatic N) is 5. The molecule has 0 radical (unpaired) electrons. The summed E-state index contributed by atoms with van der Waals surface area (Å²) in [5.74, 6) is 0.0454. The first-order chi connectivity index (χ1) is 20.8. The molecule has 44 heavy (non-hydrogen) atoms. The number of hydrogen-bond donors (Lipinski definition) is 1. The lowest BCUT2D eigenvalue weighted by molar-refractivity contribution is -0.190. The lowest BCUT2D eigenvalue weighted by atomic mass is 10.0. The minimum atomic E-state index is -4.34. The maximum Gasteiger partial charge on any atom is 0.394 e. The van der Waals surface area contributed by atoms with Crippen LogP contribution in [0.4, 0.5) is 19.0 Å². The topological polar surface area (TPSA) is 129 Å². The predicted molar refractivity (Wildman–Crippen MR) is 152 cm³/mol. The number of fused-ring (bicyclic) bond motifs is 5. The number of amides is 1. The summed E-state index contributed by atoms with van der Waals surface area (Å²) in [7, 11) is -4.34. The van der Waals surface area contributed by atoms with E-state index in [0.717, 1.165) is 19.3 Å². The van der Waals surface area contributed by atoms with Crippen LogP contribution in [-0.2, 0) is 10.0 Å². The number of aromatic nitrogens is 4. The summed E-state index contributed by atoms with van der Waals surface area (Å²) in [6.07, 6.45) is 0.398. The quantitative estimate of drug-likeness (QED) is 0.420. The first-order valence-electron chi connectivity index (χ1n) is 14.5. The molecule has 5 heterocycles. The second-order valence-electron chi connectivity index (χ2n) is 12.1. The summed E-state index contributed by atoms with van der Waals surface area (Å²) < 4.78 is 80.9. The number of ether oxygens (including phenoxy) is 2. The third kappa shape index (κ3) is 5.81. The zero-order valence-electron chi connectivity index (χ0n) is 24.3. The molecule has 1 saturated carbocycles. The third-order valence-corrected chi connectivity index (χ3v) is 9.89. The second-order valence-corrected chi connectivity index (χ2v) is 13.8. The monoisotopic (exact) mass is 634 g/mol. The number of anilines is 1. The van der Waals surface area contributed by atoms with Crippen LogP contribution in [-0.4, -0.2) is 65.0 Å². The van der Waals surface area contributed by atoms with E-state index in [1.807, 2.05) is 13.8 Å². The fourth-order valence-electron chi connectivity index (χ4n) is 5.96. The minimum absolute atomic E-state index is 0.0124. The summed E-state index contributed by atoms with van der Waals surface area (Å²) in [6, 6.07) is 8.88. The maximum atomic E-state index is 13.6. The molecule has 1 atom stereocenters. The Morgan fingerprint density at radius 3 is 2.64 bits per heavy atom. The van der Waals surface area contributed by atoms with Crippen molar-refractivity contribution in [3.63, 3.8) is 0 Å². The fraction of sp³-hybridized carbons (Fsp3) is 0.517. The van der Waals surface area contributed by atoms with Gasteiger partial charge in [0.2, 0.25) is 11.8 Å². The molecule has 2 bridgehead atoms. The lowest BCUT2D eigenvalue weighted by Gasteiger charge is -2.38. The van der Waals surface area contributed by atoms with E-state index in [4.69, 9.17) is 14.5 Å². The van der Waals surface area contributed by atoms with E-state index in [0.29, 0.717) is 24.7 Å². The first-order valence-corrected chi connectivity index (χ1v) is 16.0. The summed E-state index contributed by atoms with van der Waals surface area (Å²) in [5.41, 5.74) is -2.02. The maximum absolute atomic E-state index is 13.6. The number of alkyl halides is 3. The Hall–Kier alpha value is -3.88. The average Bonchev–Trinajstić information content (AvgIpc) is 3.51. The van der Waals surface area contributed by atoms with Gasteiger partial charge in [0.25, 0.3) is 15.9 Å². The fourth-order valence-corrected chi connectivity index (χ4v) is 6.89. The van der Waals surface area contributed by atoms with Crippen molar-refractivity contribution >= 4 is 21.7 Å². The Bertz CT molecular complexity index is 1670. The highest BCUT2D eigenvalue weighted by Gasteiger charge is 2.62. The van der Waals surface area contributed by atoms with Crippen LogP contribution in [0.25, 0.3) is 5.82 Å².